The Morgan fingerprint density at radius 1 is 0.875 bits per heavy atom. The zero-order chi connectivity index (χ0) is 11.5. The number of halogens is 1. The first-order valence-corrected chi connectivity index (χ1v) is 5.43. The van der Waals surface area contributed by atoms with Crippen LogP contribution < -0.4 is 5.43 Å². The van der Waals surface area contributed by atoms with Crippen molar-refractivity contribution in [1.82, 2.24) is 0 Å². The molecular formula is C14H11ClO. The number of hydrogen-bond acceptors (Lipinski definition) is 1. The Kier molecular flexibility index (Phi) is 3.07. The second-order valence-corrected chi connectivity index (χ2v) is 4.03. The molecule has 1 nitrogen and oxygen atoms in total. The zero-order valence-corrected chi connectivity index (χ0v) is 9.66. The van der Waals surface area contributed by atoms with Crippen molar-refractivity contribution in [2.24, 2.45) is 0 Å². The Hall–Kier alpha value is -1.60. The second-order valence-electron chi connectivity index (χ2n) is 3.62. The smallest absolute Gasteiger partial charge is 0.189 e. The van der Waals surface area contributed by atoms with Crippen LogP contribution in [0.3, 0.4) is 0 Å². The predicted molar refractivity (Wildman–Crippen MR) is 67.9 cm³/mol. The van der Waals surface area contributed by atoms with Crippen molar-refractivity contribution in [1.29, 1.82) is 0 Å². The van der Waals surface area contributed by atoms with Crippen molar-refractivity contribution in [3.8, 4) is 11.1 Å². The summed E-state index contributed by atoms with van der Waals surface area (Å²) in [6.45, 7) is 1.81. The Morgan fingerprint density at radius 3 is 2.12 bits per heavy atom. The van der Waals surface area contributed by atoms with Crippen LogP contribution in [0.15, 0.2) is 53.3 Å². The molecule has 0 N–H and O–H groups in total. The molecule has 0 aliphatic heterocycles. The van der Waals surface area contributed by atoms with E-state index in [2.05, 4.69) is 0 Å². The van der Waals surface area contributed by atoms with E-state index in [1.54, 1.807) is 12.1 Å². The third kappa shape index (κ3) is 2.00. The van der Waals surface area contributed by atoms with E-state index in [1.807, 2.05) is 43.3 Å². The first-order chi connectivity index (χ1) is 7.70. The molecule has 0 radical (unpaired) electrons. The fraction of sp³-hybridized carbons (Fsp3) is 0.0714. The Labute approximate surface area is 99.3 Å². The summed E-state index contributed by atoms with van der Waals surface area (Å²) in [5.74, 6) is 0. The van der Waals surface area contributed by atoms with Crippen molar-refractivity contribution >= 4 is 11.6 Å². The normalized spacial score (nSPS) is 10.1. The van der Waals surface area contributed by atoms with E-state index in [0.717, 1.165) is 11.1 Å². The van der Waals surface area contributed by atoms with Gasteiger partial charge < -0.3 is 0 Å². The van der Waals surface area contributed by atoms with Crippen LogP contribution in [-0.4, -0.2) is 0 Å². The summed E-state index contributed by atoms with van der Waals surface area (Å²) >= 11 is 6.09. The predicted octanol–water partition coefficient (Wildman–Crippen LogP) is 3.68. The molecule has 80 valence electrons. The average molecular weight is 231 g/mol. The van der Waals surface area contributed by atoms with Gasteiger partial charge in [0.25, 0.3) is 0 Å². The summed E-state index contributed by atoms with van der Waals surface area (Å²) in [6, 6.07) is 14.7. The monoisotopic (exact) mass is 230 g/mol. The van der Waals surface area contributed by atoms with Gasteiger partial charge in [-0.25, -0.2) is 0 Å². The number of benzene rings is 1. The maximum Gasteiger partial charge on any atom is 0.189 e. The van der Waals surface area contributed by atoms with Crippen molar-refractivity contribution in [2.75, 3.05) is 0 Å². The van der Waals surface area contributed by atoms with Crippen LogP contribution in [0, 0.1) is 6.92 Å². The van der Waals surface area contributed by atoms with E-state index in [1.165, 1.54) is 0 Å². The molecule has 2 aromatic carbocycles. The van der Waals surface area contributed by atoms with Crippen molar-refractivity contribution in [3.63, 3.8) is 0 Å². The number of aryl methyl sites for hydroxylation is 1. The summed E-state index contributed by atoms with van der Waals surface area (Å²) in [6.07, 6.45) is 0. The molecule has 2 rings (SSSR count). The van der Waals surface area contributed by atoms with E-state index in [-0.39, 0.29) is 5.43 Å². The molecule has 0 saturated carbocycles. The lowest BCUT2D eigenvalue weighted by Gasteiger charge is -2.01. The van der Waals surface area contributed by atoms with Crippen molar-refractivity contribution in [2.45, 2.75) is 6.92 Å². The van der Waals surface area contributed by atoms with E-state index in [4.69, 9.17) is 11.6 Å². The van der Waals surface area contributed by atoms with Gasteiger partial charge in [0.1, 0.15) is 0 Å². The Morgan fingerprint density at radius 2 is 1.44 bits per heavy atom. The lowest BCUT2D eigenvalue weighted by atomic mass is 10.1. The van der Waals surface area contributed by atoms with Gasteiger partial charge in [0.15, 0.2) is 5.43 Å². The largest absolute Gasteiger partial charge is 0.289 e. The van der Waals surface area contributed by atoms with E-state index in [0.29, 0.717) is 10.6 Å². The Balaban J connectivity index is 2.77. The van der Waals surface area contributed by atoms with Gasteiger partial charge in [0.2, 0.25) is 0 Å². The maximum atomic E-state index is 12.1. The van der Waals surface area contributed by atoms with Crippen LogP contribution in [0.5, 0.6) is 0 Å². The fourth-order valence-corrected chi connectivity index (χ4v) is 1.84. The SMILES string of the molecule is Cc1ccccc(-c2ccccc2Cl)c1=O. The number of hydrogen-bond donors (Lipinski definition) is 0. The topological polar surface area (TPSA) is 17.1 Å². The van der Waals surface area contributed by atoms with Gasteiger partial charge in [-0.15, -0.1) is 0 Å². The van der Waals surface area contributed by atoms with Crippen LogP contribution in [0.2, 0.25) is 5.02 Å². The third-order valence-corrected chi connectivity index (χ3v) is 2.82. The maximum absolute atomic E-state index is 12.1. The lowest BCUT2D eigenvalue weighted by molar-refractivity contribution is 1.43. The van der Waals surface area contributed by atoms with Gasteiger partial charge in [0.05, 0.1) is 0 Å². The zero-order valence-electron chi connectivity index (χ0n) is 8.91. The summed E-state index contributed by atoms with van der Waals surface area (Å²) in [5, 5.41) is 0.602. The summed E-state index contributed by atoms with van der Waals surface area (Å²) < 4.78 is 0. The average Bonchev–Trinajstić information content (AvgIpc) is 2.44. The number of rotatable bonds is 1. The quantitative estimate of drug-likeness (QED) is 0.731. The second kappa shape index (κ2) is 4.50. The van der Waals surface area contributed by atoms with Crippen molar-refractivity contribution in [3.05, 3.63) is 69.3 Å². The Bertz CT molecular complexity index is 576. The highest BCUT2D eigenvalue weighted by atomic mass is 35.5. The van der Waals surface area contributed by atoms with Gasteiger partial charge in [-0.2, -0.15) is 0 Å². The molecular weight excluding hydrogens is 220 g/mol. The molecule has 16 heavy (non-hydrogen) atoms. The van der Waals surface area contributed by atoms with Crippen LogP contribution in [0.4, 0.5) is 0 Å². The van der Waals surface area contributed by atoms with Crippen LogP contribution in [0.1, 0.15) is 5.56 Å². The van der Waals surface area contributed by atoms with Crippen LogP contribution >= 0.6 is 11.6 Å². The highest BCUT2D eigenvalue weighted by Crippen LogP contribution is 2.24. The van der Waals surface area contributed by atoms with Crippen LogP contribution in [-0.2, 0) is 0 Å². The highest BCUT2D eigenvalue weighted by molar-refractivity contribution is 6.33. The summed E-state index contributed by atoms with van der Waals surface area (Å²) in [7, 11) is 0. The van der Waals surface area contributed by atoms with Gasteiger partial charge >= 0.3 is 0 Å². The lowest BCUT2D eigenvalue weighted by Crippen LogP contribution is -2.04. The summed E-state index contributed by atoms with van der Waals surface area (Å²) in [4.78, 5) is 12.1. The molecule has 2 heteroatoms. The summed E-state index contributed by atoms with van der Waals surface area (Å²) in [5.41, 5.74) is 2.18. The molecule has 0 saturated heterocycles. The first kappa shape index (κ1) is 10.9. The van der Waals surface area contributed by atoms with Crippen molar-refractivity contribution < 1.29 is 0 Å². The molecule has 0 aromatic heterocycles. The molecule has 0 spiro atoms. The van der Waals surface area contributed by atoms with E-state index >= 15 is 0 Å². The standard InChI is InChI=1S/C14H11ClO/c1-10-6-2-3-8-12(14(10)16)11-7-4-5-9-13(11)15/h2-9H,1H3. The molecule has 0 aliphatic rings. The molecule has 2 aromatic rings. The van der Waals surface area contributed by atoms with Gasteiger partial charge in [-0.3, -0.25) is 4.79 Å². The van der Waals surface area contributed by atoms with Crippen LogP contribution in [0.25, 0.3) is 11.1 Å². The minimum atomic E-state index is 0.0260. The first-order valence-electron chi connectivity index (χ1n) is 5.05. The molecule has 0 unspecified atom stereocenters. The minimum Gasteiger partial charge on any atom is -0.289 e. The third-order valence-electron chi connectivity index (χ3n) is 2.49. The minimum absolute atomic E-state index is 0.0260. The highest BCUT2D eigenvalue weighted by Gasteiger charge is 2.06. The molecule has 0 aliphatic carbocycles. The van der Waals surface area contributed by atoms with Gasteiger partial charge in [-0.05, 0) is 18.6 Å². The van der Waals surface area contributed by atoms with Gasteiger partial charge in [-0.1, -0.05) is 54.1 Å². The fourth-order valence-electron chi connectivity index (χ4n) is 1.61. The van der Waals surface area contributed by atoms with E-state index in [9.17, 15) is 4.79 Å². The van der Waals surface area contributed by atoms with E-state index < -0.39 is 0 Å². The molecule has 0 heterocycles. The molecule has 0 amide bonds. The molecule has 0 atom stereocenters. The molecule has 0 bridgehead atoms. The molecule has 0 fully saturated rings. The van der Waals surface area contributed by atoms with Gasteiger partial charge in [0, 0.05) is 16.1 Å².